The van der Waals surface area contributed by atoms with E-state index < -0.39 is 0 Å². The van der Waals surface area contributed by atoms with E-state index in [1.165, 1.54) is 28.2 Å². The predicted molar refractivity (Wildman–Crippen MR) is 190 cm³/mol. The number of fused-ring (bicyclic) bond motifs is 3. The first-order valence-electron chi connectivity index (χ1n) is 15.7. The second-order valence-electron chi connectivity index (χ2n) is 11.1. The van der Waals surface area contributed by atoms with Crippen molar-refractivity contribution in [3.8, 4) is 28.6 Å². The molecule has 0 fully saturated rings. The number of benzene rings is 6. The van der Waals surface area contributed by atoms with Gasteiger partial charge in [-0.2, -0.15) is 0 Å². The first-order chi connectivity index (χ1) is 22.7. The Kier molecular flexibility index (Phi) is 8.12. The molecule has 8 rings (SSSR count). The molecule has 0 N–H and O–H groups in total. The molecule has 0 aliphatic heterocycles. The molecule has 6 aromatic carbocycles. The summed E-state index contributed by atoms with van der Waals surface area (Å²) in [6.45, 7) is 4.25. The summed E-state index contributed by atoms with van der Waals surface area (Å²) in [7, 11) is 0. The molecule has 0 amide bonds. The minimum Gasteiger partial charge on any atom is -0.416 e. The number of para-hydroxylation sites is 3. The second-order valence-corrected chi connectivity index (χ2v) is 11.1. The van der Waals surface area contributed by atoms with E-state index in [4.69, 9.17) is 4.42 Å². The zero-order chi connectivity index (χ0) is 31.3. The quantitative estimate of drug-likeness (QED) is 0.191. The van der Waals surface area contributed by atoms with Gasteiger partial charge in [-0.1, -0.05) is 93.1 Å². The summed E-state index contributed by atoms with van der Waals surface area (Å²) >= 11 is 0. The minimum absolute atomic E-state index is 0.493. The number of nitrogens with zero attached hydrogens (tertiary/aromatic N) is 4. The Bertz CT molecular complexity index is 2130. The zero-order valence-electron chi connectivity index (χ0n) is 25.9. The van der Waals surface area contributed by atoms with Gasteiger partial charge in [0.1, 0.15) is 0 Å². The smallest absolute Gasteiger partial charge is 0.248 e. The third kappa shape index (κ3) is 5.55. The lowest BCUT2D eigenvalue weighted by molar-refractivity contribution is 0.584. The van der Waals surface area contributed by atoms with Crippen molar-refractivity contribution in [2.24, 2.45) is 0 Å². The van der Waals surface area contributed by atoms with Gasteiger partial charge in [0.05, 0.1) is 11.0 Å². The van der Waals surface area contributed by atoms with Crippen LogP contribution in [0.2, 0.25) is 0 Å². The van der Waals surface area contributed by atoms with E-state index in [1.807, 2.05) is 48.5 Å². The summed E-state index contributed by atoms with van der Waals surface area (Å²) in [4.78, 5) is 2.25. The summed E-state index contributed by atoms with van der Waals surface area (Å²) in [5, 5.41) is 11.1. The summed E-state index contributed by atoms with van der Waals surface area (Å²) in [5.74, 6) is 1.00. The standard InChI is InChI=1S/C38H26N4O.C3H8/c1-3-11-27(12-4-1)37-39-40-38(43-37)28-19-21-30(22-20-28)41(29-13-5-2-6-14-29)31-23-25-32(26-24-31)42-35-17-9-7-15-33(35)34-16-8-10-18-36(34)42;1-3-2/h1-26H;3H2,1-2H3. The number of anilines is 3. The van der Waals surface area contributed by atoms with Gasteiger partial charge in [0.2, 0.25) is 11.8 Å². The second kappa shape index (κ2) is 13.0. The van der Waals surface area contributed by atoms with Gasteiger partial charge in [0, 0.05) is 44.6 Å². The molecule has 0 saturated carbocycles. The summed E-state index contributed by atoms with van der Waals surface area (Å²) < 4.78 is 8.33. The van der Waals surface area contributed by atoms with Crippen molar-refractivity contribution >= 4 is 38.9 Å². The van der Waals surface area contributed by atoms with Gasteiger partial charge in [0.15, 0.2) is 0 Å². The first-order valence-corrected chi connectivity index (χ1v) is 15.7. The van der Waals surface area contributed by atoms with Crippen molar-refractivity contribution in [1.29, 1.82) is 0 Å². The minimum atomic E-state index is 0.493. The van der Waals surface area contributed by atoms with Gasteiger partial charge in [-0.15, -0.1) is 10.2 Å². The van der Waals surface area contributed by atoms with E-state index in [2.05, 4.69) is 143 Å². The average molecular weight is 599 g/mol. The van der Waals surface area contributed by atoms with E-state index in [0.717, 1.165) is 33.9 Å². The normalized spacial score (nSPS) is 10.9. The highest BCUT2D eigenvalue weighted by molar-refractivity contribution is 6.09. The molecule has 8 aromatic rings. The van der Waals surface area contributed by atoms with Crippen LogP contribution < -0.4 is 4.90 Å². The van der Waals surface area contributed by atoms with E-state index in [9.17, 15) is 0 Å². The Labute approximate surface area is 269 Å². The van der Waals surface area contributed by atoms with Crippen LogP contribution in [0.1, 0.15) is 20.3 Å². The fourth-order valence-electron chi connectivity index (χ4n) is 5.77. The maximum atomic E-state index is 6.00. The van der Waals surface area contributed by atoms with Crippen molar-refractivity contribution in [2.45, 2.75) is 20.3 Å². The Morgan fingerprint density at radius 1 is 0.478 bits per heavy atom. The fourth-order valence-corrected chi connectivity index (χ4v) is 5.77. The lowest BCUT2D eigenvalue weighted by Crippen LogP contribution is -2.10. The van der Waals surface area contributed by atoms with E-state index in [0.29, 0.717) is 11.8 Å². The monoisotopic (exact) mass is 598 g/mol. The topological polar surface area (TPSA) is 47.1 Å². The Morgan fingerprint density at radius 2 is 0.891 bits per heavy atom. The number of hydrogen-bond acceptors (Lipinski definition) is 4. The van der Waals surface area contributed by atoms with Crippen molar-refractivity contribution in [2.75, 3.05) is 4.90 Å². The molecule has 2 aromatic heterocycles. The Morgan fingerprint density at radius 3 is 1.43 bits per heavy atom. The fraction of sp³-hybridized carbons (Fsp3) is 0.0732. The highest BCUT2D eigenvalue weighted by Crippen LogP contribution is 2.37. The highest BCUT2D eigenvalue weighted by Gasteiger charge is 2.16. The summed E-state index contributed by atoms with van der Waals surface area (Å²) in [6.07, 6.45) is 1.25. The lowest BCUT2D eigenvalue weighted by atomic mass is 10.1. The van der Waals surface area contributed by atoms with Crippen LogP contribution in [0.15, 0.2) is 162 Å². The Hall–Kier alpha value is -5.94. The van der Waals surface area contributed by atoms with E-state index >= 15 is 0 Å². The first kappa shape index (κ1) is 28.8. The maximum Gasteiger partial charge on any atom is 0.248 e. The third-order valence-electron chi connectivity index (χ3n) is 7.78. The molecule has 0 spiro atoms. The van der Waals surface area contributed by atoms with Gasteiger partial charge in [-0.25, -0.2) is 0 Å². The molecule has 2 heterocycles. The molecule has 0 atom stereocenters. The predicted octanol–water partition coefficient (Wildman–Crippen LogP) is 11.4. The lowest BCUT2D eigenvalue weighted by Gasteiger charge is -2.26. The van der Waals surface area contributed by atoms with Crippen LogP contribution >= 0.6 is 0 Å². The molecule has 224 valence electrons. The molecule has 0 bridgehead atoms. The van der Waals surface area contributed by atoms with Crippen molar-refractivity contribution in [3.05, 3.63) is 158 Å². The molecular weight excluding hydrogens is 564 g/mol. The largest absolute Gasteiger partial charge is 0.416 e. The van der Waals surface area contributed by atoms with Crippen LogP contribution in [0.4, 0.5) is 17.1 Å². The van der Waals surface area contributed by atoms with Gasteiger partial charge >= 0.3 is 0 Å². The van der Waals surface area contributed by atoms with Crippen LogP contribution in [-0.2, 0) is 0 Å². The molecule has 0 aliphatic carbocycles. The van der Waals surface area contributed by atoms with E-state index in [-0.39, 0.29) is 0 Å². The van der Waals surface area contributed by atoms with E-state index in [1.54, 1.807) is 0 Å². The third-order valence-corrected chi connectivity index (χ3v) is 7.78. The van der Waals surface area contributed by atoms with Gasteiger partial charge in [0.25, 0.3) is 0 Å². The van der Waals surface area contributed by atoms with Crippen molar-refractivity contribution < 1.29 is 4.42 Å². The molecule has 5 nitrogen and oxygen atoms in total. The molecule has 0 aliphatic rings. The highest BCUT2D eigenvalue weighted by atomic mass is 16.4. The summed E-state index contributed by atoms with van der Waals surface area (Å²) in [6, 6.07) is 54.4. The van der Waals surface area contributed by atoms with Crippen molar-refractivity contribution in [1.82, 2.24) is 14.8 Å². The van der Waals surface area contributed by atoms with Gasteiger partial charge in [-0.3, -0.25) is 0 Å². The zero-order valence-corrected chi connectivity index (χ0v) is 25.9. The molecule has 5 heteroatoms. The average Bonchev–Trinajstić information content (AvgIpc) is 3.74. The van der Waals surface area contributed by atoms with Crippen molar-refractivity contribution in [3.63, 3.8) is 0 Å². The number of rotatable bonds is 6. The molecule has 0 saturated heterocycles. The van der Waals surface area contributed by atoms with Crippen LogP contribution in [0.5, 0.6) is 0 Å². The molecule has 0 radical (unpaired) electrons. The van der Waals surface area contributed by atoms with Crippen LogP contribution in [-0.4, -0.2) is 14.8 Å². The SMILES string of the molecule is CCC.c1ccc(-c2nnc(-c3ccc(N(c4ccccc4)c4ccc(-n5c6ccccc6c6ccccc65)cc4)cc3)o2)cc1. The Balaban J connectivity index is 0.00000109. The summed E-state index contributed by atoms with van der Waals surface area (Å²) in [5.41, 5.74) is 8.45. The molecular formula is C41H34N4O. The van der Waals surface area contributed by atoms with Gasteiger partial charge < -0.3 is 13.9 Å². The molecule has 46 heavy (non-hydrogen) atoms. The number of hydrogen-bond donors (Lipinski definition) is 0. The maximum absolute atomic E-state index is 6.00. The van der Waals surface area contributed by atoms with Gasteiger partial charge in [-0.05, 0) is 84.9 Å². The number of aromatic nitrogens is 3. The van der Waals surface area contributed by atoms with Crippen LogP contribution in [0.25, 0.3) is 50.4 Å². The van der Waals surface area contributed by atoms with Crippen LogP contribution in [0.3, 0.4) is 0 Å². The van der Waals surface area contributed by atoms with Crippen LogP contribution in [0, 0.1) is 0 Å². The molecule has 0 unspecified atom stereocenters.